The molecule has 0 amide bonds. The summed E-state index contributed by atoms with van der Waals surface area (Å²) in [5.41, 5.74) is 6.43. The molecule has 3 heteroatoms. The lowest BCUT2D eigenvalue weighted by Crippen LogP contribution is -2.57. The highest BCUT2D eigenvalue weighted by atomic mass is 16.5. The fourth-order valence-electron chi connectivity index (χ4n) is 3.60. The Morgan fingerprint density at radius 2 is 1.88 bits per heavy atom. The van der Waals surface area contributed by atoms with Crippen LogP contribution in [0.4, 0.5) is 0 Å². The second-order valence-corrected chi connectivity index (χ2v) is 5.79. The van der Waals surface area contributed by atoms with Crippen LogP contribution in [0.15, 0.2) is 0 Å². The van der Waals surface area contributed by atoms with Crippen LogP contribution in [-0.4, -0.2) is 43.3 Å². The van der Waals surface area contributed by atoms with E-state index in [-0.39, 0.29) is 5.54 Å². The average Bonchev–Trinajstić information content (AvgIpc) is 2.65. The van der Waals surface area contributed by atoms with Crippen molar-refractivity contribution in [2.24, 2.45) is 5.73 Å². The Morgan fingerprint density at radius 3 is 2.47 bits per heavy atom. The molecule has 2 rings (SSSR count). The van der Waals surface area contributed by atoms with Gasteiger partial charge in [-0.2, -0.15) is 0 Å². The number of ether oxygens (including phenoxy) is 1. The van der Waals surface area contributed by atoms with E-state index in [1.54, 1.807) is 0 Å². The van der Waals surface area contributed by atoms with Gasteiger partial charge in [-0.3, -0.25) is 4.90 Å². The van der Waals surface area contributed by atoms with Crippen LogP contribution in [0.25, 0.3) is 0 Å². The molecule has 2 N–H and O–H groups in total. The van der Waals surface area contributed by atoms with Crippen LogP contribution in [0, 0.1) is 0 Å². The van der Waals surface area contributed by atoms with E-state index in [4.69, 9.17) is 10.5 Å². The van der Waals surface area contributed by atoms with E-state index >= 15 is 0 Å². The van der Waals surface area contributed by atoms with Gasteiger partial charge in [-0.15, -0.1) is 0 Å². The maximum Gasteiger partial charge on any atom is 0.0698 e. The maximum absolute atomic E-state index is 6.14. The first kappa shape index (κ1) is 13.3. The predicted molar refractivity (Wildman–Crippen MR) is 71.1 cm³/mol. The summed E-state index contributed by atoms with van der Waals surface area (Å²) in [6.45, 7) is 3.13. The van der Waals surface area contributed by atoms with Gasteiger partial charge in [0.1, 0.15) is 0 Å². The van der Waals surface area contributed by atoms with Gasteiger partial charge in [0, 0.05) is 25.7 Å². The molecule has 0 aromatic heterocycles. The van der Waals surface area contributed by atoms with E-state index in [1.807, 2.05) is 7.11 Å². The molecule has 2 aliphatic rings. The molecular weight excluding hydrogens is 212 g/mol. The van der Waals surface area contributed by atoms with E-state index in [9.17, 15) is 0 Å². The number of methoxy groups -OCH3 is 1. The van der Waals surface area contributed by atoms with Crippen LogP contribution >= 0.6 is 0 Å². The number of nitrogens with two attached hydrogens (primary N) is 1. The third kappa shape index (κ3) is 3.01. The summed E-state index contributed by atoms with van der Waals surface area (Å²) in [5.74, 6) is 0. The molecule has 100 valence electrons. The Hall–Kier alpha value is -0.120. The van der Waals surface area contributed by atoms with Crippen molar-refractivity contribution < 1.29 is 4.74 Å². The second kappa shape index (κ2) is 6.17. The third-order valence-corrected chi connectivity index (χ3v) is 4.80. The lowest BCUT2D eigenvalue weighted by Gasteiger charge is -2.47. The fraction of sp³-hybridized carbons (Fsp3) is 1.00. The minimum atomic E-state index is 0.285. The van der Waals surface area contributed by atoms with Crippen LogP contribution in [0.5, 0.6) is 0 Å². The van der Waals surface area contributed by atoms with Gasteiger partial charge in [-0.05, 0) is 32.2 Å². The lowest BCUT2D eigenvalue weighted by atomic mass is 9.86. The molecule has 1 saturated heterocycles. The Kier molecular flexibility index (Phi) is 4.83. The van der Waals surface area contributed by atoms with Crippen molar-refractivity contribution in [1.29, 1.82) is 0 Å². The van der Waals surface area contributed by atoms with Crippen molar-refractivity contribution in [1.82, 2.24) is 4.90 Å². The van der Waals surface area contributed by atoms with E-state index in [1.165, 1.54) is 57.9 Å². The molecule has 0 aromatic rings. The first-order valence-corrected chi connectivity index (χ1v) is 7.29. The zero-order valence-electron chi connectivity index (χ0n) is 11.3. The van der Waals surface area contributed by atoms with E-state index < -0.39 is 0 Å². The van der Waals surface area contributed by atoms with Crippen molar-refractivity contribution in [2.45, 2.75) is 63.0 Å². The van der Waals surface area contributed by atoms with E-state index in [0.717, 1.165) is 13.1 Å². The highest BCUT2D eigenvalue weighted by Gasteiger charge is 2.38. The summed E-state index contributed by atoms with van der Waals surface area (Å²) in [6.07, 6.45) is 11.0. The minimum Gasteiger partial charge on any atom is -0.380 e. The van der Waals surface area contributed by atoms with Gasteiger partial charge in [0.2, 0.25) is 0 Å². The Balaban J connectivity index is 2.04. The number of likely N-dealkylation sites (tertiary alicyclic amines) is 1. The maximum atomic E-state index is 6.14. The van der Waals surface area contributed by atoms with E-state index in [2.05, 4.69) is 4.90 Å². The SMILES string of the molecule is COC1CCCN(C2(CN)CCCCCC2)C1. The summed E-state index contributed by atoms with van der Waals surface area (Å²) in [7, 11) is 1.84. The first-order chi connectivity index (χ1) is 8.30. The largest absolute Gasteiger partial charge is 0.380 e. The van der Waals surface area contributed by atoms with Gasteiger partial charge < -0.3 is 10.5 Å². The molecule has 1 unspecified atom stereocenters. The fourth-order valence-corrected chi connectivity index (χ4v) is 3.60. The normalized spacial score (nSPS) is 31.1. The van der Waals surface area contributed by atoms with Gasteiger partial charge in [0.15, 0.2) is 0 Å². The highest BCUT2D eigenvalue weighted by molar-refractivity contribution is 4.95. The summed E-state index contributed by atoms with van der Waals surface area (Å²) in [5, 5.41) is 0. The quantitative estimate of drug-likeness (QED) is 0.768. The Bertz CT molecular complexity index is 224. The number of nitrogens with zero attached hydrogens (tertiary/aromatic N) is 1. The molecule has 0 aromatic carbocycles. The number of hydrogen-bond donors (Lipinski definition) is 1. The summed E-state index contributed by atoms with van der Waals surface area (Å²) < 4.78 is 5.55. The molecule has 1 atom stereocenters. The average molecular weight is 240 g/mol. The van der Waals surface area contributed by atoms with Crippen LogP contribution in [-0.2, 0) is 4.74 Å². The zero-order chi connectivity index (χ0) is 12.1. The molecule has 0 radical (unpaired) electrons. The topological polar surface area (TPSA) is 38.5 Å². The monoisotopic (exact) mass is 240 g/mol. The molecule has 3 nitrogen and oxygen atoms in total. The standard InChI is InChI=1S/C14H28N2O/c1-17-13-7-6-10-16(11-13)14(12-15)8-4-2-3-5-9-14/h13H,2-12,15H2,1H3. The van der Waals surface area contributed by atoms with Gasteiger partial charge in [0.25, 0.3) is 0 Å². The molecule has 2 fully saturated rings. The molecule has 1 heterocycles. The van der Waals surface area contributed by atoms with E-state index in [0.29, 0.717) is 6.10 Å². The molecule has 17 heavy (non-hydrogen) atoms. The summed E-state index contributed by atoms with van der Waals surface area (Å²) in [6, 6.07) is 0. The molecular formula is C14H28N2O. The van der Waals surface area contributed by atoms with Gasteiger partial charge in [0.05, 0.1) is 6.10 Å². The van der Waals surface area contributed by atoms with Crippen molar-refractivity contribution >= 4 is 0 Å². The highest BCUT2D eigenvalue weighted by Crippen LogP contribution is 2.34. The first-order valence-electron chi connectivity index (χ1n) is 7.29. The van der Waals surface area contributed by atoms with Gasteiger partial charge in [-0.25, -0.2) is 0 Å². The molecule has 1 aliphatic heterocycles. The Morgan fingerprint density at radius 1 is 1.18 bits per heavy atom. The number of piperidine rings is 1. The number of hydrogen-bond acceptors (Lipinski definition) is 3. The van der Waals surface area contributed by atoms with Crippen LogP contribution in [0.3, 0.4) is 0 Å². The molecule has 1 saturated carbocycles. The molecule has 0 spiro atoms. The third-order valence-electron chi connectivity index (χ3n) is 4.80. The smallest absolute Gasteiger partial charge is 0.0698 e. The molecule has 1 aliphatic carbocycles. The van der Waals surface area contributed by atoms with Crippen molar-refractivity contribution in [3.8, 4) is 0 Å². The van der Waals surface area contributed by atoms with Crippen LogP contribution in [0.2, 0.25) is 0 Å². The second-order valence-electron chi connectivity index (χ2n) is 5.79. The van der Waals surface area contributed by atoms with Crippen molar-refractivity contribution in [2.75, 3.05) is 26.7 Å². The Labute approximate surface area is 106 Å². The summed E-state index contributed by atoms with van der Waals surface area (Å²) in [4.78, 5) is 2.65. The number of rotatable bonds is 3. The van der Waals surface area contributed by atoms with Gasteiger partial charge >= 0.3 is 0 Å². The zero-order valence-corrected chi connectivity index (χ0v) is 11.3. The van der Waals surface area contributed by atoms with Crippen molar-refractivity contribution in [3.05, 3.63) is 0 Å². The lowest BCUT2D eigenvalue weighted by molar-refractivity contribution is -0.0227. The summed E-state index contributed by atoms with van der Waals surface area (Å²) >= 11 is 0. The van der Waals surface area contributed by atoms with Crippen LogP contribution < -0.4 is 5.73 Å². The van der Waals surface area contributed by atoms with Gasteiger partial charge in [-0.1, -0.05) is 25.7 Å². The minimum absolute atomic E-state index is 0.285. The predicted octanol–water partition coefficient (Wildman–Crippen LogP) is 2.15. The van der Waals surface area contributed by atoms with Crippen molar-refractivity contribution in [3.63, 3.8) is 0 Å². The molecule has 0 bridgehead atoms. The van der Waals surface area contributed by atoms with Crippen LogP contribution in [0.1, 0.15) is 51.4 Å².